The zero-order chi connectivity index (χ0) is 12.0. The normalized spacial score (nSPS) is 9.88. The molecule has 0 saturated carbocycles. The first kappa shape index (κ1) is 12.8. The van der Waals surface area contributed by atoms with Gasteiger partial charge < -0.3 is 4.74 Å². The van der Waals surface area contributed by atoms with E-state index in [2.05, 4.69) is 12.8 Å². The van der Waals surface area contributed by atoms with Gasteiger partial charge in [0, 0.05) is 5.75 Å². The molecular weight excluding hydrogens is 220 g/mol. The highest BCUT2D eigenvalue weighted by Crippen LogP contribution is 2.11. The highest BCUT2D eigenvalue weighted by molar-refractivity contribution is 7.97. The van der Waals surface area contributed by atoms with Crippen LogP contribution in [0, 0.1) is 0 Å². The molecule has 0 fully saturated rings. The highest BCUT2D eigenvalue weighted by Gasteiger charge is 2.06. The molecule has 0 heterocycles. The maximum atomic E-state index is 11.5. The maximum absolute atomic E-state index is 11.5. The van der Waals surface area contributed by atoms with Crippen LogP contribution >= 0.6 is 11.8 Å². The molecule has 0 N–H and O–H groups in total. The maximum Gasteiger partial charge on any atom is 0.338 e. The first-order valence-corrected chi connectivity index (χ1v) is 6.42. The molecule has 0 unspecified atom stereocenters. The minimum atomic E-state index is -0.293. The van der Waals surface area contributed by atoms with E-state index in [-0.39, 0.29) is 12.6 Å². The van der Waals surface area contributed by atoms with Crippen LogP contribution in [0.4, 0.5) is 0 Å². The highest BCUT2D eigenvalue weighted by atomic mass is 32.2. The number of carbonyl (C=O) groups excluding carboxylic acids is 1. The van der Waals surface area contributed by atoms with Crippen LogP contribution in [0.15, 0.2) is 36.4 Å². The van der Waals surface area contributed by atoms with Crippen molar-refractivity contribution in [2.24, 2.45) is 0 Å². The number of hydrogen-bond acceptors (Lipinski definition) is 3. The summed E-state index contributed by atoms with van der Waals surface area (Å²) < 4.78 is 5.05. The van der Waals surface area contributed by atoms with Gasteiger partial charge in [0.25, 0.3) is 0 Å². The number of ether oxygens (including phenoxy) is 1. The standard InChI is InChI=1S/C13H16O2S/c1-10(2)8-15-13(14)12-6-4-11(5-7-12)9-16-3/h4-7H,1,8-9H2,2-3H3. The van der Waals surface area contributed by atoms with E-state index < -0.39 is 0 Å². The smallest absolute Gasteiger partial charge is 0.338 e. The van der Waals surface area contributed by atoms with Gasteiger partial charge >= 0.3 is 5.97 Å². The van der Waals surface area contributed by atoms with Crippen molar-refractivity contribution < 1.29 is 9.53 Å². The fraction of sp³-hybridized carbons (Fsp3) is 0.308. The molecule has 0 saturated heterocycles. The molecule has 1 rings (SSSR count). The van der Waals surface area contributed by atoms with E-state index in [1.54, 1.807) is 23.9 Å². The molecule has 1 aromatic rings. The zero-order valence-electron chi connectivity index (χ0n) is 9.66. The molecular formula is C13H16O2S. The first-order valence-electron chi connectivity index (χ1n) is 5.03. The zero-order valence-corrected chi connectivity index (χ0v) is 10.5. The number of rotatable bonds is 5. The van der Waals surface area contributed by atoms with Crippen molar-refractivity contribution in [2.75, 3.05) is 12.9 Å². The summed E-state index contributed by atoms with van der Waals surface area (Å²) in [4.78, 5) is 11.5. The Balaban J connectivity index is 2.59. The summed E-state index contributed by atoms with van der Waals surface area (Å²) >= 11 is 1.76. The quantitative estimate of drug-likeness (QED) is 0.579. The molecule has 0 bridgehead atoms. The summed E-state index contributed by atoms with van der Waals surface area (Å²) in [5, 5.41) is 0. The van der Waals surface area contributed by atoms with E-state index >= 15 is 0 Å². The molecule has 0 aliphatic carbocycles. The largest absolute Gasteiger partial charge is 0.458 e. The minimum Gasteiger partial charge on any atom is -0.458 e. The van der Waals surface area contributed by atoms with Crippen LogP contribution in [0.5, 0.6) is 0 Å². The van der Waals surface area contributed by atoms with Crippen LogP contribution in [0.25, 0.3) is 0 Å². The fourth-order valence-corrected chi connectivity index (χ4v) is 1.70. The summed E-state index contributed by atoms with van der Waals surface area (Å²) in [6, 6.07) is 7.50. The third-order valence-electron chi connectivity index (χ3n) is 1.95. The van der Waals surface area contributed by atoms with E-state index in [0.29, 0.717) is 5.56 Å². The summed E-state index contributed by atoms with van der Waals surface area (Å²) in [5.41, 5.74) is 2.64. The van der Waals surface area contributed by atoms with Crippen LogP contribution in [-0.4, -0.2) is 18.8 Å². The van der Waals surface area contributed by atoms with Crippen LogP contribution in [-0.2, 0) is 10.5 Å². The van der Waals surface area contributed by atoms with E-state index in [9.17, 15) is 4.79 Å². The predicted molar refractivity (Wildman–Crippen MR) is 68.8 cm³/mol. The third kappa shape index (κ3) is 4.11. The number of benzene rings is 1. The van der Waals surface area contributed by atoms with Gasteiger partial charge in [-0.1, -0.05) is 18.7 Å². The Morgan fingerprint density at radius 2 is 2.00 bits per heavy atom. The Hall–Kier alpha value is -1.22. The molecule has 0 amide bonds. The molecule has 0 aromatic heterocycles. The Bertz CT molecular complexity index is 368. The molecule has 0 aliphatic heterocycles. The number of carbonyl (C=O) groups is 1. The van der Waals surface area contributed by atoms with Crippen LogP contribution in [0.1, 0.15) is 22.8 Å². The van der Waals surface area contributed by atoms with Gasteiger partial charge in [0.2, 0.25) is 0 Å². The second-order valence-corrected chi connectivity index (χ2v) is 4.53. The van der Waals surface area contributed by atoms with Crippen LogP contribution < -0.4 is 0 Å². The molecule has 0 spiro atoms. The molecule has 16 heavy (non-hydrogen) atoms. The molecule has 3 heteroatoms. The van der Waals surface area contributed by atoms with Crippen molar-refractivity contribution in [3.8, 4) is 0 Å². The fourth-order valence-electron chi connectivity index (χ4n) is 1.18. The summed E-state index contributed by atoms with van der Waals surface area (Å²) in [5.74, 6) is 0.667. The van der Waals surface area contributed by atoms with Crippen molar-refractivity contribution in [1.29, 1.82) is 0 Å². The first-order chi connectivity index (χ1) is 7.63. The average molecular weight is 236 g/mol. The van der Waals surface area contributed by atoms with E-state index in [1.807, 2.05) is 19.1 Å². The lowest BCUT2D eigenvalue weighted by Crippen LogP contribution is -2.06. The number of hydrogen-bond donors (Lipinski definition) is 0. The number of thioether (sulfide) groups is 1. The monoisotopic (exact) mass is 236 g/mol. The average Bonchev–Trinajstić information content (AvgIpc) is 2.27. The molecule has 1 aromatic carbocycles. The van der Waals surface area contributed by atoms with Crippen molar-refractivity contribution in [2.45, 2.75) is 12.7 Å². The Kier molecular flexibility index (Phi) is 5.12. The lowest BCUT2D eigenvalue weighted by molar-refractivity contribution is 0.0540. The summed E-state index contributed by atoms with van der Waals surface area (Å²) in [6.45, 7) is 5.79. The topological polar surface area (TPSA) is 26.3 Å². The second-order valence-electron chi connectivity index (χ2n) is 3.66. The predicted octanol–water partition coefficient (Wildman–Crippen LogP) is 3.28. The lowest BCUT2D eigenvalue weighted by Gasteiger charge is -2.05. The Labute approximate surface area is 101 Å². The SMILES string of the molecule is C=C(C)COC(=O)c1ccc(CSC)cc1. The molecule has 0 aliphatic rings. The van der Waals surface area contributed by atoms with Gasteiger partial charge in [-0.25, -0.2) is 4.79 Å². The van der Waals surface area contributed by atoms with Gasteiger partial charge in [0.15, 0.2) is 0 Å². The van der Waals surface area contributed by atoms with Gasteiger partial charge in [0.1, 0.15) is 6.61 Å². The molecule has 86 valence electrons. The van der Waals surface area contributed by atoms with Crippen molar-refractivity contribution in [3.63, 3.8) is 0 Å². The van der Waals surface area contributed by atoms with Crippen molar-refractivity contribution in [3.05, 3.63) is 47.5 Å². The van der Waals surface area contributed by atoms with Crippen LogP contribution in [0.3, 0.4) is 0 Å². The molecule has 2 nitrogen and oxygen atoms in total. The van der Waals surface area contributed by atoms with Gasteiger partial charge in [-0.3, -0.25) is 0 Å². The van der Waals surface area contributed by atoms with Crippen molar-refractivity contribution in [1.82, 2.24) is 0 Å². The van der Waals surface area contributed by atoms with Gasteiger partial charge in [-0.2, -0.15) is 11.8 Å². The summed E-state index contributed by atoms with van der Waals surface area (Å²) in [7, 11) is 0. The van der Waals surface area contributed by atoms with E-state index in [0.717, 1.165) is 11.3 Å². The van der Waals surface area contributed by atoms with Crippen LogP contribution in [0.2, 0.25) is 0 Å². The molecule has 0 radical (unpaired) electrons. The lowest BCUT2D eigenvalue weighted by atomic mass is 10.1. The number of esters is 1. The third-order valence-corrected chi connectivity index (χ3v) is 2.57. The minimum absolute atomic E-state index is 0.283. The van der Waals surface area contributed by atoms with E-state index in [4.69, 9.17) is 4.74 Å². The Morgan fingerprint density at radius 3 is 2.50 bits per heavy atom. The summed E-state index contributed by atoms with van der Waals surface area (Å²) in [6.07, 6.45) is 2.05. The van der Waals surface area contributed by atoms with Crippen molar-refractivity contribution >= 4 is 17.7 Å². The van der Waals surface area contributed by atoms with E-state index in [1.165, 1.54) is 5.56 Å². The van der Waals surface area contributed by atoms with Gasteiger partial charge in [-0.15, -0.1) is 0 Å². The second kappa shape index (κ2) is 6.38. The Morgan fingerprint density at radius 1 is 1.38 bits per heavy atom. The van der Waals surface area contributed by atoms with Gasteiger partial charge in [-0.05, 0) is 36.4 Å². The molecule has 0 atom stereocenters. The van der Waals surface area contributed by atoms with Gasteiger partial charge in [0.05, 0.1) is 5.56 Å².